The largest absolute Gasteiger partial charge is 0.480 e. The molecule has 0 aliphatic carbocycles. The van der Waals surface area contributed by atoms with Crippen molar-refractivity contribution < 1.29 is 19.4 Å². The highest BCUT2D eigenvalue weighted by Gasteiger charge is 2.18. The summed E-state index contributed by atoms with van der Waals surface area (Å²) in [6, 6.07) is -0.961. The standard InChI is InChI=1S/C9H18N2O4/c1-10-5-3-4-8(12)11-7(6-15-2)9(13)14/h7,10H,3-6H2,1-2H3,(H,11,12)(H,13,14). The van der Waals surface area contributed by atoms with Crippen molar-refractivity contribution in [2.45, 2.75) is 18.9 Å². The first-order chi connectivity index (χ1) is 7.11. The van der Waals surface area contributed by atoms with Crippen LogP contribution in [-0.4, -0.2) is 50.3 Å². The Morgan fingerprint density at radius 1 is 1.47 bits per heavy atom. The van der Waals surface area contributed by atoms with E-state index < -0.39 is 12.0 Å². The Bertz CT molecular complexity index is 208. The number of aliphatic carboxylic acids is 1. The van der Waals surface area contributed by atoms with Crippen LogP contribution in [0, 0.1) is 0 Å². The van der Waals surface area contributed by atoms with Crippen LogP contribution in [0.25, 0.3) is 0 Å². The van der Waals surface area contributed by atoms with Gasteiger partial charge in [0.05, 0.1) is 6.61 Å². The van der Waals surface area contributed by atoms with Gasteiger partial charge in [0.15, 0.2) is 6.04 Å². The van der Waals surface area contributed by atoms with E-state index in [1.54, 1.807) is 7.05 Å². The van der Waals surface area contributed by atoms with Crippen molar-refractivity contribution in [1.82, 2.24) is 10.6 Å². The quantitative estimate of drug-likeness (QED) is 0.464. The number of hydrogen-bond donors (Lipinski definition) is 3. The molecule has 0 bridgehead atoms. The van der Waals surface area contributed by atoms with Gasteiger partial charge in [0, 0.05) is 13.5 Å². The summed E-state index contributed by atoms with van der Waals surface area (Å²) >= 11 is 0. The van der Waals surface area contributed by atoms with E-state index in [-0.39, 0.29) is 12.5 Å². The molecule has 6 heteroatoms. The Balaban J connectivity index is 3.84. The molecule has 0 rings (SSSR count). The van der Waals surface area contributed by atoms with E-state index in [2.05, 4.69) is 15.4 Å². The molecule has 1 unspecified atom stereocenters. The van der Waals surface area contributed by atoms with Gasteiger partial charge in [-0.1, -0.05) is 0 Å². The van der Waals surface area contributed by atoms with E-state index in [9.17, 15) is 9.59 Å². The number of carboxylic acids is 1. The van der Waals surface area contributed by atoms with Crippen LogP contribution < -0.4 is 10.6 Å². The van der Waals surface area contributed by atoms with Crippen LogP contribution in [0.15, 0.2) is 0 Å². The summed E-state index contributed by atoms with van der Waals surface area (Å²) in [4.78, 5) is 21.9. The third-order valence-electron chi connectivity index (χ3n) is 1.80. The third-order valence-corrected chi connectivity index (χ3v) is 1.80. The summed E-state index contributed by atoms with van der Waals surface area (Å²) in [6.45, 7) is 0.711. The zero-order valence-electron chi connectivity index (χ0n) is 9.08. The van der Waals surface area contributed by atoms with E-state index in [1.807, 2.05) is 0 Å². The molecule has 0 heterocycles. The van der Waals surface area contributed by atoms with Gasteiger partial charge in [-0.05, 0) is 20.0 Å². The summed E-state index contributed by atoms with van der Waals surface area (Å²) in [5.41, 5.74) is 0. The Hall–Kier alpha value is -1.14. The van der Waals surface area contributed by atoms with Crippen LogP contribution in [0.5, 0.6) is 0 Å². The maximum absolute atomic E-state index is 11.2. The van der Waals surface area contributed by atoms with Gasteiger partial charge in [-0.25, -0.2) is 4.79 Å². The molecule has 1 amide bonds. The maximum Gasteiger partial charge on any atom is 0.328 e. The van der Waals surface area contributed by atoms with Crippen molar-refractivity contribution in [3.05, 3.63) is 0 Å². The van der Waals surface area contributed by atoms with Crippen molar-refractivity contribution in [3.8, 4) is 0 Å². The van der Waals surface area contributed by atoms with Gasteiger partial charge in [0.1, 0.15) is 0 Å². The minimum absolute atomic E-state index is 0.0207. The van der Waals surface area contributed by atoms with Gasteiger partial charge >= 0.3 is 5.97 Å². The van der Waals surface area contributed by atoms with Crippen molar-refractivity contribution in [2.75, 3.05) is 27.3 Å². The van der Waals surface area contributed by atoms with Crippen LogP contribution in [0.3, 0.4) is 0 Å². The fraction of sp³-hybridized carbons (Fsp3) is 0.778. The van der Waals surface area contributed by atoms with Crippen LogP contribution in [-0.2, 0) is 14.3 Å². The molecule has 0 saturated heterocycles. The average molecular weight is 218 g/mol. The Labute approximate surface area is 89.0 Å². The predicted molar refractivity (Wildman–Crippen MR) is 54.6 cm³/mol. The smallest absolute Gasteiger partial charge is 0.328 e. The summed E-state index contributed by atoms with van der Waals surface area (Å²) in [5.74, 6) is -1.35. The molecule has 0 aromatic rings. The minimum Gasteiger partial charge on any atom is -0.480 e. The molecule has 0 aromatic carbocycles. The molecule has 3 N–H and O–H groups in total. The first kappa shape index (κ1) is 13.9. The number of nitrogens with one attached hydrogen (secondary N) is 2. The lowest BCUT2D eigenvalue weighted by atomic mass is 10.2. The van der Waals surface area contributed by atoms with Gasteiger partial charge in [0.2, 0.25) is 5.91 Å². The molecule has 0 fully saturated rings. The normalized spacial score (nSPS) is 12.1. The van der Waals surface area contributed by atoms with Crippen molar-refractivity contribution in [2.24, 2.45) is 0 Å². The lowest BCUT2D eigenvalue weighted by molar-refractivity contribution is -0.143. The lowest BCUT2D eigenvalue weighted by Gasteiger charge is -2.13. The molecule has 0 saturated carbocycles. The second-order valence-electron chi connectivity index (χ2n) is 3.12. The van der Waals surface area contributed by atoms with E-state index in [1.165, 1.54) is 7.11 Å². The number of hydrogen-bond acceptors (Lipinski definition) is 4. The molecule has 0 spiro atoms. The van der Waals surface area contributed by atoms with Crippen LogP contribution in [0.2, 0.25) is 0 Å². The number of methoxy groups -OCH3 is 1. The molecule has 0 radical (unpaired) electrons. The van der Waals surface area contributed by atoms with Gasteiger partial charge in [-0.3, -0.25) is 4.79 Å². The van der Waals surface area contributed by atoms with E-state index in [0.29, 0.717) is 12.8 Å². The average Bonchev–Trinajstić information content (AvgIpc) is 2.17. The molecule has 15 heavy (non-hydrogen) atoms. The number of ether oxygens (including phenoxy) is 1. The van der Waals surface area contributed by atoms with E-state index in [0.717, 1.165) is 6.54 Å². The topological polar surface area (TPSA) is 87.7 Å². The number of carbonyl (C=O) groups excluding carboxylic acids is 1. The van der Waals surface area contributed by atoms with Crippen LogP contribution in [0.4, 0.5) is 0 Å². The van der Waals surface area contributed by atoms with Gasteiger partial charge < -0.3 is 20.5 Å². The maximum atomic E-state index is 11.2. The zero-order chi connectivity index (χ0) is 11.7. The molecule has 6 nitrogen and oxygen atoms in total. The van der Waals surface area contributed by atoms with Gasteiger partial charge in [-0.2, -0.15) is 0 Å². The number of carbonyl (C=O) groups is 2. The summed E-state index contributed by atoms with van der Waals surface area (Å²) in [6.07, 6.45) is 0.996. The van der Waals surface area contributed by atoms with E-state index in [4.69, 9.17) is 5.11 Å². The Morgan fingerprint density at radius 3 is 2.60 bits per heavy atom. The fourth-order valence-electron chi connectivity index (χ4n) is 1.03. The fourth-order valence-corrected chi connectivity index (χ4v) is 1.03. The second kappa shape index (κ2) is 8.19. The number of carboxylic acid groups (broad SMARTS) is 1. The molecular formula is C9H18N2O4. The molecule has 0 aromatic heterocycles. The number of rotatable bonds is 8. The molecule has 0 aliphatic rings. The number of amides is 1. The van der Waals surface area contributed by atoms with Crippen molar-refractivity contribution in [1.29, 1.82) is 0 Å². The highest BCUT2D eigenvalue weighted by Crippen LogP contribution is 1.91. The first-order valence-corrected chi connectivity index (χ1v) is 4.77. The molecular weight excluding hydrogens is 200 g/mol. The third kappa shape index (κ3) is 6.87. The predicted octanol–water partition coefficient (Wildman–Crippen LogP) is -0.798. The van der Waals surface area contributed by atoms with Crippen molar-refractivity contribution in [3.63, 3.8) is 0 Å². The molecule has 88 valence electrons. The highest BCUT2D eigenvalue weighted by atomic mass is 16.5. The molecule has 0 aliphatic heterocycles. The van der Waals surface area contributed by atoms with Gasteiger partial charge in [-0.15, -0.1) is 0 Å². The Kier molecular flexibility index (Phi) is 7.57. The summed E-state index contributed by atoms with van der Waals surface area (Å²) in [5, 5.41) is 14.0. The summed E-state index contributed by atoms with van der Waals surface area (Å²) < 4.78 is 4.68. The summed E-state index contributed by atoms with van der Waals surface area (Å²) in [7, 11) is 3.19. The van der Waals surface area contributed by atoms with Gasteiger partial charge in [0.25, 0.3) is 0 Å². The first-order valence-electron chi connectivity index (χ1n) is 4.77. The second-order valence-corrected chi connectivity index (χ2v) is 3.12. The zero-order valence-corrected chi connectivity index (χ0v) is 9.08. The van der Waals surface area contributed by atoms with E-state index >= 15 is 0 Å². The SMILES string of the molecule is CNCCCC(=O)NC(COC)C(=O)O. The minimum atomic E-state index is -1.08. The highest BCUT2D eigenvalue weighted by molar-refractivity contribution is 5.83. The van der Waals surface area contributed by atoms with Crippen LogP contribution >= 0.6 is 0 Å². The monoisotopic (exact) mass is 218 g/mol. The van der Waals surface area contributed by atoms with Crippen molar-refractivity contribution >= 4 is 11.9 Å². The Morgan fingerprint density at radius 2 is 2.13 bits per heavy atom. The molecule has 1 atom stereocenters. The van der Waals surface area contributed by atoms with Crippen LogP contribution in [0.1, 0.15) is 12.8 Å². The lowest BCUT2D eigenvalue weighted by Crippen LogP contribution is -2.43.